The Morgan fingerprint density at radius 3 is 2.61 bits per heavy atom. The Labute approximate surface area is 112 Å². The van der Waals surface area contributed by atoms with Gasteiger partial charge in [-0.05, 0) is 37.4 Å². The van der Waals surface area contributed by atoms with Crippen molar-refractivity contribution in [2.75, 3.05) is 13.7 Å². The Hall–Kier alpha value is -0.860. The zero-order valence-electron chi connectivity index (χ0n) is 12.2. The maximum Gasteiger partial charge on any atom is 0.0737 e. The quantitative estimate of drug-likeness (QED) is 0.758. The maximum absolute atomic E-state index is 5.50. The normalized spacial score (nSPS) is 14.4. The minimum atomic E-state index is 0.188. The summed E-state index contributed by atoms with van der Waals surface area (Å²) in [5, 5.41) is 3.58. The van der Waals surface area contributed by atoms with Gasteiger partial charge in [0.25, 0.3) is 0 Å². The van der Waals surface area contributed by atoms with Crippen molar-refractivity contribution in [1.29, 1.82) is 0 Å². The van der Waals surface area contributed by atoms with Crippen molar-refractivity contribution in [3.8, 4) is 0 Å². The first-order valence-corrected chi connectivity index (χ1v) is 7.07. The zero-order chi connectivity index (χ0) is 13.4. The van der Waals surface area contributed by atoms with Crippen LogP contribution >= 0.6 is 0 Å². The molecular weight excluding hydrogens is 222 g/mol. The van der Waals surface area contributed by atoms with E-state index in [1.54, 1.807) is 7.11 Å². The molecule has 2 atom stereocenters. The first kappa shape index (κ1) is 15.2. The van der Waals surface area contributed by atoms with Crippen LogP contribution in [0.25, 0.3) is 0 Å². The van der Waals surface area contributed by atoms with Gasteiger partial charge in [0.1, 0.15) is 0 Å². The molecule has 102 valence electrons. The fraction of sp³-hybridized carbons (Fsp3) is 0.625. The molecule has 2 nitrogen and oxygen atoms in total. The van der Waals surface area contributed by atoms with Crippen molar-refractivity contribution in [2.45, 2.75) is 52.2 Å². The Kier molecular flexibility index (Phi) is 6.99. The van der Waals surface area contributed by atoms with Crippen LogP contribution in [0.15, 0.2) is 24.3 Å². The Balaban J connectivity index is 2.85. The highest BCUT2D eigenvalue weighted by Crippen LogP contribution is 2.20. The topological polar surface area (TPSA) is 21.3 Å². The summed E-state index contributed by atoms with van der Waals surface area (Å²) >= 11 is 0. The third-order valence-corrected chi connectivity index (χ3v) is 3.30. The molecule has 0 amide bonds. The summed E-state index contributed by atoms with van der Waals surface area (Å²) in [7, 11) is 1.78. The van der Waals surface area contributed by atoms with Crippen LogP contribution in [-0.4, -0.2) is 19.8 Å². The van der Waals surface area contributed by atoms with Crippen LogP contribution in [0, 0.1) is 0 Å². The molecule has 0 aliphatic carbocycles. The molecule has 1 rings (SSSR count). The summed E-state index contributed by atoms with van der Waals surface area (Å²) in [6.45, 7) is 7.56. The lowest BCUT2D eigenvalue weighted by Crippen LogP contribution is -2.32. The predicted molar refractivity (Wildman–Crippen MR) is 77.9 cm³/mol. The Bertz CT molecular complexity index is 338. The van der Waals surface area contributed by atoms with E-state index in [2.05, 4.69) is 50.4 Å². The molecule has 0 spiro atoms. The third kappa shape index (κ3) is 4.43. The second kappa shape index (κ2) is 8.28. The lowest BCUT2D eigenvalue weighted by molar-refractivity contribution is 0.0830. The van der Waals surface area contributed by atoms with Crippen LogP contribution in [0.1, 0.15) is 50.8 Å². The number of benzene rings is 1. The van der Waals surface area contributed by atoms with Crippen LogP contribution in [0.4, 0.5) is 0 Å². The van der Waals surface area contributed by atoms with Crippen molar-refractivity contribution >= 4 is 0 Å². The fourth-order valence-corrected chi connectivity index (χ4v) is 2.22. The van der Waals surface area contributed by atoms with Gasteiger partial charge in [-0.1, -0.05) is 44.5 Å². The molecule has 0 heterocycles. The van der Waals surface area contributed by atoms with Gasteiger partial charge in [0, 0.05) is 7.11 Å². The molecule has 0 bridgehead atoms. The van der Waals surface area contributed by atoms with E-state index in [1.165, 1.54) is 17.5 Å². The molecule has 1 aromatic rings. The molecule has 0 radical (unpaired) electrons. The van der Waals surface area contributed by atoms with Crippen molar-refractivity contribution in [3.63, 3.8) is 0 Å². The molecular formula is C16H27NO. The summed E-state index contributed by atoms with van der Waals surface area (Å²) in [6.07, 6.45) is 3.67. The summed E-state index contributed by atoms with van der Waals surface area (Å²) in [6, 6.07) is 9.16. The largest absolute Gasteiger partial charge is 0.380 e. The summed E-state index contributed by atoms with van der Waals surface area (Å²) < 4.78 is 5.50. The van der Waals surface area contributed by atoms with E-state index in [0.29, 0.717) is 0 Å². The molecule has 1 aromatic carbocycles. The molecule has 0 fully saturated rings. The minimum absolute atomic E-state index is 0.188. The molecule has 1 N–H and O–H groups in total. The van der Waals surface area contributed by atoms with E-state index >= 15 is 0 Å². The average Bonchev–Trinajstić information content (AvgIpc) is 2.39. The summed E-state index contributed by atoms with van der Waals surface area (Å²) in [5.41, 5.74) is 2.75. The lowest BCUT2D eigenvalue weighted by atomic mass is 9.98. The van der Waals surface area contributed by atoms with Gasteiger partial charge in [-0.3, -0.25) is 0 Å². The van der Waals surface area contributed by atoms with E-state index in [1.807, 2.05) is 0 Å². The lowest BCUT2D eigenvalue weighted by Gasteiger charge is -2.25. The van der Waals surface area contributed by atoms with Crippen molar-refractivity contribution in [2.24, 2.45) is 0 Å². The first-order valence-electron chi connectivity index (χ1n) is 7.07. The molecule has 0 saturated carbocycles. The van der Waals surface area contributed by atoms with Crippen LogP contribution < -0.4 is 5.32 Å². The van der Waals surface area contributed by atoms with Crippen LogP contribution in [-0.2, 0) is 11.2 Å². The van der Waals surface area contributed by atoms with Gasteiger partial charge in [0.15, 0.2) is 0 Å². The second-order valence-electron chi connectivity index (χ2n) is 4.87. The van der Waals surface area contributed by atoms with Gasteiger partial charge in [0.2, 0.25) is 0 Å². The number of nitrogens with one attached hydrogen (secondary N) is 1. The molecule has 18 heavy (non-hydrogen) atoms. The highest BCUT2D eigenvalue weighted by molar-refractivity contribution is 5.27. The SMILES string of the molecule is CCCNC(c1cccc(CCC)c1)C(C)OC. The smallest absolute Gasteiger partial charge is 0.0737 e. The fourth-order valence-electron chi connectivity index (χ4n) is 2.22. The molecule has 0 saturated heterocycles. The van der Waals surface area contributed by atoms with Crippen LogP contribution in [0.5, 0.6) is 0 Å². The first-order chi connectivity index (χ1) is 8.72. The van der Waals surface area contributed by atoms with Gasteiger partial charge in [-0.2, -0.15) is 0 Å². The number of methoxy groups -OCH3 is 1. The van der Waals surface area contributed by atoms with Gasteiger partial charge in [-0.15, -0.1) is 0 Å². The molecule has 0 aliphatic heterocycles. The monoisotopic (exact) mass is 249 g/mol. The van der Waals surface area contributed by atoms with Crippen molar-refractivity contribution in [1.82, 2.24) is 5.32 Å². The Morgan fingerprint density at radius 2 is 2.00 bits per heavy atom. The number of aryl methyl sites for hydroxylation is 1. The van der Waals surface area contributed by atoms with Crippen molar-refractivity contribution < 1.29 is 4.74 Å². The average molecular weight is 249 g/mol. The van der Waals surface area contributed by atoms with Crippen molar-refractivity contribution in [3.05, 3.63) is 35.4 Å². The van der Waals surface area contributed by atoms with E-state index in [0.717, 1.165) is 19.4 Å². The summed E-state index contributed by atoms with van der Waals surface area (Å²) in [5.74, 6) is 0. The van der Waals surface area contributed by atoms with E-state index in [4.69, 9.17) is 4.74 Å². The zero-order valence-corrected chi connectivity index (χ0v) is 12.2. The standard InChI is InChI=1S/C16H27NO/c1-5-8-14-9-7-10-15(12-14)16(13(3)18-4)17-11-6-2/h7,9-10,12-13,16-17H,5-6,8,11H2,1-4H3. The van der Waals surface area contributed by atoms with Gasteiger partial charge in [-0.25, -0.2) is 0 Å². The minimum Gasteiger partial charge on any atom is -0.380 e. The highest BCUT2D eigenvalue weighted by atomic mass is 16.5. The molecule has 2 heteroatoms. The van der Waals surface area contributed by atoms with Crippen LogP contribution in [0.3, 0.4) is 0 Å². The molecule has 0 aliphatic rings. The predicted octanol–water partition coefficient (Wildman–Crippen LogP) is 3.71. The second-order valence-corrected chi connectivity index (χ2v) is 4.87. The number of ether oxygens (including phenoxy) is 1. The van der Waals surface area contributed by atoms with E-state index in [-0.39, 0.29) is 12.1 Å². The van der Waals surface area contributed by atoms with Gasteiger partial charge in [0.05, 0.1) is 12.1 Å². The van der Waals surface area contributed by atoms with Crippen LogP contribution in [0.2, 0.25) is 0 Å². The number of hydrogen-bond acceptors (Lipinski definition) is 2. The van der Waals surface area contributed by atoms with Gasteiger partial charge >= 0.3 is 0 Å². The highest BCUT2D eigenvalue weighted by Gasteiger charge is 2.18. The van der Waals surface area contributed by atoms with Gasteiger partial charge < -0.3 is 10.1 Å². The number of hydrogen-bond donors (Lipinski definition) is 1. The third-order valence-electron chi connectivity index (χ3n) is 3.30. The van der Waals surface area contributed by atoms with E-state index in [9.17, 15) is 0 Å². The maximum atomic E-state index is 5.50. The number of rotatable bonds is 8. The van der Waals surface area contributed by atoms with E-state index < -0.39 is 0 Å². The Morgan fingerprint density at radius 1 is 1.22 bits per heavy atom. The molecule has 2 unspecified atom stereocenters. The summed E-state index contributed by atoms with van der Waals surface area (Å²) in [4.78, 5) is 0. The molecule has 0 aromatic heterocycles.